The van der Waals surface area contributed by atoms with Crippen molar-refractivity contribution in [1.82, 2.24) is 0 Å². The normalized spacial score (nSPS) is 27.4. The van der Waals surface area contributed by atoms with Gasteiger partial charge in [0, 0.05) is 23.5 Å². The molecule has 1 N–H and O–H groups in total. The molecule has 2 aliphatic rings. The Balaban J connectivity index is 1.94. The van der Waals surface area contributed by atoms with Gasteiger partial charge in [-0.25, -0.2) is 0 Å². The maximum absolute atomic E-state index is 11.3. The molecule has 20 heavy (non-hydrogen) atoms. The number of aliphatic hydroxyl groups is 1. The first kappa shape index (κ1) is 13.8. The van der Waals surface area contributed by atoms with Gasteiger partial charge in [0.2, 0.25) is 0 Å². The summed E-state index contributed by atoms with van der Waals surface area (Å²) in [6.07, 6.45) is 5.41. The van der Waals surface area contributed by atoms with Crippen LogP contribution in [0.5, 0.6) is 0 Å². The summed E-state index contributed by atoms with van der Waals surface area (Å²) in [6.45, 7) is 2.57. The summed E-state index contributed by atoms with van der Waals surface area (Å²) >= 11 is 1.38. The van der Waals surface area contributed by atoms with Crippen LogP contribution < -0.4 is 4.90 Å². The highest BCUT2D eigenvalue weighted by molar-refractivity contribution is 7.16. The van der Waals surface area contributed by atoms with Crippen molar-refractivity contribution >= 4 is 22.0 Å². The number of rotatable bonds is 3. The number of hydrogen-bond donors (Lipinski definition) is 1. The van der Waals surface area contributed by atoms with Crippen molar-refractivity contribution in [3.63, 3.8) is 0 Å². The highest BCUT2D eigenvalue weighted by Gasteiger charge is 2.39. The van der Waals surface area contributed by atoms with Gasteiger partial charge in [-0.15, -0.1) is 11.3 Å². The Bertz CT molecular complexity index is 515. The molecule has 110 valence electrons. The number of nitrogens with zero attached hydrogens (tertiary/aromatic N) is 2. The first-order valence-electron chi connectivity index (χ1n) is 7.30. The second-order valence-corrected chi connectivity index (χ2v) is 6.93. The predicted molar refractivity (Wildman–Crippen MR) is 79.3 cm³/mol. The highest BCUT2D eigenvalue weighted by atomic mass is 32.1. The third-order valence-corrected chi connectivity index (χ3v) is 5.92. The number of hydrogen-bond acceptors (Lipinski definition) is 5. The van der Waals surface area contributed by atoms with Crippen molar-refractivity contribution in [2.24, 2.45) is 5.92 Å². The smallest absolute Gasteiger partial charge is 0.304 e. The SMILES string of the molecule is CC(O)c1cc([N+](=O)[O-])c(N2CCC3CCCCC32)s1. The van der Waals surface area contributed by atoms with Gasteiger partial charge in [0.15, 0.2) is 5.00 Å². The molecule has 3 unspecified atom stereocenters. The molecule has 3 atom stereocenters. The van der Waals surface area contributed by atoms with E-state index in [-0.39, 0.29) is 10.6 Å². The molecule has 1 saturated heterocycles. The zero-order chi connectivity index (χ0) is 14.3. The Morgan fingerprint density at radius 3 is 2.90 bits per heavy atom. The van der Waals surface area contributed by atoms with Crippen molar-refractivity contribution in [2.45, 2.75) is 51.2 Å². The van der Waals surface area contributed by atoms with Crippen LogP contribution in [0.1, 0.15) is 50.0 Å². The number of nitro groups is 1. The minimum atomic E-state index is -0.641. The number of anilines is 1. The average Bonchev–Trinajstić information content (AvgIpc) is 3.02. The van der Waals surface area contributed by atoms with Crippen LogP contribution in [-0.2, 0) is 0 Å². The van der Waals surface area contributed by atoms with E-state index in [1.165, 1.54) is 30.6 Å². The lowest BCUT2D eigenvalue weighted by atomic mass is 9.85. The summed E-state index contributed by atoms with van der Waals surface area (Å²) in [7, 11) is 0. The third-order valence-electron chi connectivity index (χ3n) is 4.59. The van der Waals surface area contributed by atoms with Crippen LogP contribution in [0.2, 0.25) is 0 Å². The zero-order valence-electron chi connectivity index (χ0n) is 11.6. The van der Waals surface area contributed by atoms with Gasteiger partial charge in [-0.05, 0) is 32.1 Å². The molecule has 2 fully saturated rings. The van der Waals surface area contributed by atoms with Gasteiger partial charge >= 0.3 is 5.69 Å². The lowest BCUT2D eigenvalue weighted by Gasteiger charge is -2.31. The number of aliphatic hydroxyl groups excluding tert-OH is 1. The van der Waals surface area contributed by atoms with Gasteiger partial charge < -0.3 is 10.0 Å². The van der Waals surface area contributed by atoms with Gasteiger partial charge in [0.05, 0.1) is 11.0 Å². The molecule has 0 bridgehead atoms. The summed E-state index contributed by atoms with van der Waals surface area (Å²) < 4.78 is 0. The second kappa shape index (κ2) is 5.33. The molecule has 0 amide bonds. The fourth-order valence-corrected chi connectivity index (χ4v) is 4.74. The molecule has 2 heterocycles. The molecule has 1 saturated carbocycles. The van der Waals surface area contributed by atoms with Gasteiger partial charge in [0.1, 0.15) is 0 Å². The zero-order valence-corrected chi connectivity index (χ0v) is 12.4. The minimum absolute atomic E-state index is 0.164. The highest BCUT2D eigenvalue weighted by Crippen LogP contribution is 2.46. The Morgan fingerprint density at radius 1 is 1.45 bits per heavy atom. The van der Waals surface area contributed by atoms with Crippen LogP contribution in [-0.4, -0.2) is 22.6 Å². The van der Waals surface area contributed by atoms with E-state index >= 15 is 0 Å². The first-order valence-corrected chi connectivity index (χ1v) is 8.12. The standard InChI is InChI=1S/C14H20N2O3S/c1-9(17)13-8-12(16(18)19)14(20-13)15-7-6-10-4-2-3-5-11(10)15/h8-11,17H,2-7H2,1H3. The van der Waals surface area contributed by atoms with Crippen LogP contribution in [0.3, 0.4) is 0 Å². The fraction of sp³-hybridized carbons (Fsp3) is 0.714. The van der Waals surface area contributed by atoms with Crippen LogP contribution in [0.4, 0.5) is 10.7 Å². The van der Waals surface area contributed by atoms with E-state index in [1.54, 1.807) is 13.0 Å². The molecule has 0 aromatic carbocycles. The summed E-state index contributed by atoms with van der Waals surface area (Å²) in [5.74, 6) is 0.695. The van der Waals surface area contributed by atoms with E-state index in [1.807, 2.05) is 0 Å². The summed E-state index contributed by atoms with van der Waals surface area (Å²) in [4.78, 5) is 13.9. The summed E-state index contributed by atoms with van der Waals surface area (Å²) in [5.41, 5.74) is 0.164. The Morgan fingerprint density at radius 2 is 2.20 bits per heavy atom. The Kier molecular flexibility index (Phi) is 3.69. The average molecular weight is 296 g/mol. The van der Waals surface area contributed by atoms with Crippen LogP contribution in [0, 0.1) is 16.0 Å². The van der Waals surface area contributed by atoms with Gasteiger partial charge in [-0.2, -0.15) is 0 Å². The molecule has 1 aromatic heterocycles. The van der Waals surface area contributed by atoms with E-state index in [0.29, 0.717) is 16.8 Å². The maximum Gasteiger partial charge on any atom is 0.304 e. The largest absolute Gasteiger partial charge is 0.388 e. The maximum atomic E-state index is 11.3. The molecule has 1 aliphatic carbocycles. The van der Waals surface area contributed by atoms with Crippen molar-refractivity contribution in [1.29, 1.82) is 0 Å². The molecule has 0 spiro atoms. The van der Waals surface area contributed by atoms with E-state index in [4.69, 9.17) is 0 Å². The topological polar surface area (TPSA) is 66.6 Å². The predicted octanol–water partition coefficient (Wildman–Crippen LogP) is 3.48. The van der Waals surface area contributed by atoms with Gasteiger partial charge in [-0.3, -0.25) is 10.1 Å². The molecular formula is C14H20N2O3S. The van der Waals surface area contributed by atoms with Crippen molar-refractivity contribution in [2.75, 3.05) is 11.4 Å². The van der Waals surface area contributed by atoms with E-state index in [9.17, 15) is 15.2 Å². The van der Waals surface area contributed by atoms with Crippen molar-refractivity contribution in [3.8, 4) is 0 Å². The molecule has 1 aliphatic heterocycles. The summed E-state index contributed by atoms with van der Waals surface area (Å²) in [6, 6.07) is 2.00. The molecule has 0 radical (unpaired) electrons. The van der Waals surface area contributed by atoms with Crippen LogP contribution >= 0.6 is 11.3 Å². The number of thiophene rings is 1. The first-order chi connectivity index (χ1) is 9.58. The molecule has 5 nitrogen and oxygen atoms in total. The van der Waals surface area contributed by atoms with Gasteiger partial charge in [-0.1, -0.05) is 12.8 Å². The third kappa shape index (κ3) is 2.31. The lowest BCUT2D eigenvalue weighted by Crippen LogP contribution is -2.34. The van der Waals surface area contributed by atoms with Crippen molar-refractivity contribution in [3.05, 3.63) is 21.1 Å². The van der Waals surface area contributed by atoms with Crippen molar-refractivity contribution < 1.29 is 10.0 Å². The van der Waals surface area contributed by atoms with Crippen LogP contribution in [0.15, 0.2) is 6.07 Å². The second-order valence-electron chi connectivity index (χ2n) is 5.87. The lowest BCUT2D eigenvalue weighted by molar-refractivity contribution is -0.383. The molecule has 6 heteroatoms. The Hall–Kier alpha value is -1.14. The number of fused-ring (bicyclic) bond motifs is 1. The van der Waals surface area contributed by atoms with E-state index in [0.717, 1.165) is 24.4 Å². The Labute approximate surface area is 122 Å². The molecule has 3 rings (SSSR count). The molecular weight excluding hydrogens is 276 g/mol. The molecule has 1 aromatic rings. The minimum Gasteiger partial charge on any atom is -0.388 e. The van der Waals surface area contributed by atoms with Crippen LogP contribution in [0.25, 0.3) is 0 Å². The monoisotopic (exact) mass is 296 g/mol. The van der Waals surface area contributed by atoms with E-state index < -0.39 is 6.10 Å². The van der Waals surface area contributed by atoms with E-state index in [2.05, 4.69) is 4.90 Å². The quantitative estimate of drug-likeness (QED) is 0.685. The fourth-order valence-electron chi connectivity index (χ4n) is 3.59. The van der Waals surface area contributed by atoms with Gasteiger partial charge in [0.25, 0.3) is 0 Å². The summed E-state index contributed by atoms with van der Waals surface area (Å²) in [5, 5.41) is 21.7.